The Kier molecular flexibility index (Phi) is 38.3. The second-order valence-electron chi connectivity index (χ2n) is 18.2. The topological polar surface area (TPSA) is 189 Å². The summed E-state index contributed by atoms with van der Waals surface area (Å²) in [4.78, 5) is 13.1. The highest BCUT2D eigenvalue weighted by Crippen LogP contribution is 2.23. The molecule has 0 spiro atoms. The number of aliphatic hydroxyl groups is 7. The first-order chi connectivity index (χ1) is 29.7. The lowest BCUT2D eigenvalue weighted by Crippen LogP contribution is -2.60. The van der Waals surface area contributed by atoms with Gasteiger partial charge in [-0.3, -0.25) is 4.79 Å². The van der Waals surface area contributed by atoms with Crippen molar-refractivity contribution in [3.63, 3.8) is 0 Å². The fourth-order valence-corrected chi connectivity index (χ4v) is 8.32. The van der Waals surface area contributed by atoms with Crippen LogP contribution < -0.4 is 5.32 Å². The molecule has 362 valence electrons. The van der Waals surface area contributed by atoms with Crippen molar-refractivity contribution >= 4 is 5.91 Å². The number of ether oxygens (including phenoxy) is 2. The molecule has 0 saturated carbocycles. The zero-order chi connectivity index (χ0) is 44.8. The summed E-state index contributed by atoms with van der Waals surface area (Å²) >= 11 is 0. The van der Waals surface area contributed by atoms with E-state index in [-0.39, 0.29) is 12.8 Å². The summed E-state index contributed by atoms with van der Waals surface area (Å²) < 4.78 is 11.1. The van der Waals surface area contributed by atoms with Crippen molar-refractivity contribution < 1.29 is 50.0 Å². The van der Waals surface area contributed by atoms with E-state index in [1.54, 1.807) is 0 Å². The molecule has 0 aliphatic carbocycles. The second-order valence-corrected chi connectivity index (χ2v) is 18.2. The third kappa shape index (κ3) is 29.8. The van der Waals surface area contributed by atoms with Gasteiger partial charge in [0.25, 0.3) is 0 Å². The van der Waals surface area contributed by atoms with E-state index >= 15 is 0 Å². The van der Waals surface area contributed by atoms with E-state index in [1.165, 1.54) is 154 Å². The molecule has 11 nitrogen and oxygen atoms in total. The van der Waals surface area contributed by atoms with Gasteiger partial charge in [-0.1, -0.05) is 206 Å². The number of nitrogens with one attached hydrogen (secondary N) is 1. The van der Waals surface area contributed by atoms with Gasteiger partial charge in [-0.25, -0.2) is 0 Å². The fraction of sp³-hybridized carbons (Fsp3) is 0.940. The van der Waals surface area contributed by atoms with Gasteiger partial charge in [0.2, 0.25) is 5.91 Å². The Balaban J connectivity index is 2.41. The summed E-state index contributed by atoms with van der Waals surface area (Å²) in [6.07, 6.45) is 32.6. The number of unbranched alkanes of at least 4 members (excludes halogenated alkanes) is 29. The predicted molar refractivity (Wildman–Crippen MR) is 247 cm³/mol. The molecule has 1 saturated heterocycles. The summed E-state index contributed by atoms with van der Waals surface area (Å²) in [5, 5.41) is 75.8. The predicted octanol–water partition coefficient (Wildman–Crippen LogP) is 9.23. The lowest BCUT2D eigenvalue weighted by atomic mass is 9.98. The minimum atomic E-state index is -1.66. The van der Waals surface area contributed by atoms with E-state index in [1.807, 2.05) is 0 Å². The fourth-order valence-electron chi connectivity index (χ4n) is 8.32. The quantitative estimate of drug-likeness (QED) is 0.0217. The smallest absolute Gasteiger partial charge is 0.249 e. The lowest BCUT2D eigenvalue weighted by molar-refractivity contribution is -0.303. The van der Waals surface area contributed by atoms with Gasteiger partial charge in [0.05, 0.1) is 25.4 Å². The summed E-state index contributed by atoms with van der Waals surface area (Å²) in [5.74, 6) is -0.703. The first-order valence-electron chi connectivity index (χ1n) is 25.6. The first kappa shape index (κ1) is 57.9. The maximum atomic E-state index is 13.1. The number of carbonyl (C=O) groups excluding carboxylic acids is 1. The molecule has 1 aliphatic heterocycles. The molecule has 0 bridgehead atoms. The molecule has 9 atom stereocenters. The third-order valence-electron chi connectivity index (χ3n) is 12.6. The van der Waals surface area contributed by atoms with E-state index in [4.69, 9.17) is 9.47 Å². The zero-order valence-electron chi connectivity index (χ0n) is 39.2. The van der Waals surface area contributed by atoms with E-state index in [2.05, 4.69) is 31.3 Å². The Hall–Kier alpha value is -1.15. The van der Waals surface area contributed by atoms with Crippen molar-refractivity contribution in [2.75, 3.05) is 13.2 Å². The molecule has 1 fully saturated rings. The Bertz CT molecular complexity index is 1000. The Labute approximate surface area is 372 Å². The number of amides is 1. The monoisotopic (exact) mass is 872 g/mol. The van der Waals surface area contributed by atoms with Crippen molar-refractivity contribution in [3.05, 3.63) is 12.2 Å². The molecule has 1 heterocycles. The Morgan fingerprint density at radius 2 is 0.967 bits per heavy atom. The number of hydrogen-bond donors (Lipinski definition) is 8. The van der Waals surface area contributed by atoms with Crippen LogP contribution in [0.25, 0.3) is 0 Å². The molecular weight excluding hydrogens is 775 g/mol. The van der Waals surface area contributed by atoms with Crippen LogP contribution in [0.5, 0.6) is 0 Å². The van der Waals surface area contributed by atoms with Crippen molar-refractivity contribution in [1.82, 2.24) is 5.32 Å². The number of allylic oxidation sites excluding steroid dienone is 2. The van der Waals surface area contributed by atoms with Crippen LogP contribution in [-0.4, -0.2) is 110 Å². The summed E-state index contributed by atoms with van der Waals surface area (Å²) in [5.41, 5.74) is 0. The molecule has 11 heteroatoms. The maximum Gasteiger partial charge on any atom is 0.249 e. The van der Waals surface area contributed by atoms with E-state index in [0.717, 1.165) is 38.5 Å². The van der Waals surface area contributed by atoms with Crippen molar-refractivity contribution in [1.29, 1.82) is 0 Å². The highest BCUT2D eigenvalue weighted by Gasteiger charge is 2.44. The largest absolute Gasteiger partial charge is 0.394 e. The van der Waals surface area contributed by atoms with Gasteiger partial charge in [-0.15, -0.1) is 0 Å². The molecule has 1 amide bonds. The standard InChI is InChI=1S/C50H97NO10/c1-3-5-7-9-11-13-15-17-19-21-23-25-27-29-31-33-35-37-42(53)45(55)41(40-60-50-48(58)47(57)46(56)44(39-52)61-50)51-49(59)43(54)38-36-34-32-30-28-26-24-22-20-18-16-14-12-10-8-6-4-2/h29,31,41-48,50,52-58H,3-28,30,32-40H2,1-2H3,(H,51,59)/b31-29+. The van der Waals surface area contributed by atoms with Crippen LogP contribution in [0, 0.1) is 0 Å². The molecule has 0 aromatic heterocycles. The molecule has 0 aromatic rings. The molecule has 61 heavy (non-hydrogen) atoms. The summed E-state index contributed by atoms with van der Waals surface area (Å²) in [6, 6.07) is -1.18. The van der Waals surface area contributed by atoms with Crippen LogP contribution in [0.3, 0.4) is 0 Å². The van der Waals surface area contributed by atoms with Crippen LogP contribution >= 0.6 is 0 Å². The van der Waals surface area contributed by atoms with Crippen LogP contribution in [0.15, 0.2) is 12.2 Å². The first-order valence-corrected chi connectivity index (χ1v) is 25.6. The van der Waals surface area contributed by atoms with Crippen molar-refractivity contribution in [2.24, 2.45) is 0 Å². The van der Waals surface area contributed by atoms with Crippen molar-refractivity contribution in [2.45, 2.75) is 287 Å². The van der Waals surface area contributed by atoms with Crippen molar-refractivity contribution in [3.8, 4) is 0 Å². The molecule has 1 rings (SSSR count). The van der Waals surface area contributed by atoms with Crippen LogP contribution in [0.2, 0.25) is 0 Å². The lowest BCUT2D eigenvalue weighted by Gasteiger charge is -2.40. The Morgan fingerprint density at radius 1 is 0.557 bits per heavy atom. The summed E-state index contributed by atoms with van der Waals surface area (Å²) in [7, 11) is 0. The number of aliphatic hydroxyl groups excluding tert-OH is 7. The van der Waals surface area contributed by atoms with Gasteiger partial charge in [-0.2, -0.15) is 0 Å². The minimum absolute atomic E-state index is 0.259. The molecule has 8 N–H and O–H groups in total. The second kappa shape index (κ2) is 40.4. The van der Waals surface area contributed by atoms with Crippen LogP contribution in [0.4, 0.5) is 0 Å². The number of carbonyl (C=O) groups is 1. The summed E-state index contributed by atoms with van der Waals surface area (Å²) in [6.45, 7) is 3.45. The average molecular weight is 872 g/mol. The van der Waals surface area contributed by atoms with Gasteiger partial charge < -0.3 is 50.5 Å². The van der Waals surface area contributed by atoms with Crippen LogP contribution in [0.1, 0.15) is 232 Å². The van der Waals surface area contributed by atoms with Gasteiger partial charge in [-0.05, 0) is 38.5 Å². The average Bonchev–Trinajstić information content (AvgIpc) is 3.26. The molecule has 0 radical (unpaired) electrons. The zero-order valence-corrected chi connectivity index (χ0v) is 39.2. The molecule has 9 unspecified atom stereocenters. The van der Waals surface area contributed by atoms with Gasteiger partial charge in [0.15, 0.2) is 6.29 Å². The number of hydrogen-bond acceptors (Lipinski definition) is 10. The number of rotatable bonds is 43. The SMILES string of the molecule is CCCCCCCCCCCCCC/C=C/CCCC(O)C(O)C(COC1OC(CO)C(O)C(O)C1O)NC(=O)C(O)CCCCCCCCCCCCCCCCCCC. The third-order valence-corrected chi connectivity index (χ3v) is 12.6. The van der Waals surface area contributed by atoms with E-state index in [9.17, 15) is 40.5 Å². The normalized spacial score (nSPS) is 21.5. The minimum Gasteiger partial charge on any atom is -0.394 e. The maximum absolute atomic E-state index is 13.1. The molecule has 1 aliphatic rings. The highest BCUT2D eigenvalue weighted by atomic mass is 16.7. The highest BCUT2D eigenvalue weighted by molar-refractivity contribution is 5.80. The Morgan fingerprint density at radius 3 is 1.41 bits per heavy atom. The van der Waals surface area contributed by atoms with Crippen LogP contribution in [-0.2, 0) is 14.3 Å². The molecule has 0 aromatic carbocycles. The van der Waals surface area contributed by atoms with Gasteiger partial charge >= 0.3 is 0 Å². The van der Waals surface area contributed by atoms with Gasteiger partial charge in [0, 0.05) is 0 Å². The van der Waals surface area contributed by atoms with Gasteiger partial charge in [0.1, 0.15) is 36.6 Å². The van der Waals surface area contributed by atoms with E-state index in [0.29, 0.717) is 12.8 Å². The molecular formula is C50H97NO10. The van der Waals surface area contributed by atoms with E-state index < -0.39 is 74.2 Å².